The third-order valence-corrected chi connectivity index (χ3v) is 6.45. The molecule has 3 aromatic carbocycles. The minimum absolute atomic E-state index is 0.404. The lowest BCUT2D eigenvalue weighted by Crippen LogP contribution is -2.47. The zero-order valence-electron chi connectivity index (χ0n) is 18.1. The van der Waals surface area contributed by atoms with Crippen LogP contribution in [0.4, 0.5) is 0 Å². The molecule has 1 heterocycles. The summed E-state index contributed by atoms with van der Waals surface area (Å²) in [6.07, 6.45) is 1.11. The summed E-state index contributed by atoms with van der Waals surface area (Å²) in [5.74, 6) is 1.35. The van der Waals surface area contributed by atoms with Gasteiger partial charge in [0.25, 0.3) is 0 Å². The van der Waals surface area contributed by atoms with Crippen molar-refractivity contribution in [1.82, 2.24) is 10.2 Å². The predicted molar refractivity (Wildman–Crippen MR) is 129 cm³/mol. The number of ether oxygens (including phenoxy) is 1. The third-order valence-electron chi connectivity index (χ3n) is 6.08. The average molecular weight is 435 g/mol. The lowest BCUT2D eigenvalue weighted by atomic mass is 9.85. The van der Waals surface area contributed by atoms with Crippen molar-refractivity contribution in [3.05, 3.63) is 101 Å². The van der Waals surface area contributed by atoms with Gasteiger partial charge in [-0.25, -0.2) is 0 Å². The first kappa shape index (κ1) is 21.9. The van der Waals surface area contributed by atoms with Gasteiger partial charge in [0.15, 0.2) is 0 Å². The molecule has 0 aromatic heterocycles. The Morgan fingerprint density at radius 1 is 0.968 bits per heavy atom. The van der Waals surface area contributed by atoms with Crippen LogP contribution in [-0.4, -0.2) is 30.6 Å². The van der Waals surface area contributed by atoms with E-state index in [1.54, 1.807) is 0 Å². The number of nitrogens with one attached hydrogen (secondary N) is 1. The summed E-state index contributed by atoms with van der Waals surface area (Å²) in [5, 5.41) is 4.64. The SMILES string of the molecule is CCOc1ccc(C2CN(Cc3ccccc3)CCC2NCc2ccccc2Cl)cc1. The molecule has 1 fully saturated rings. The highest BCUT2D eigenvalue weighted by atomic mass is 35.5. The monoisotopic (exact) mass is 434 g/mol. The highest BCUT2D eigenvalue weighted by Crippen LogP contribution is 2.30. The van der Waals surface area contributed by atoms with E-state index in [0.717, 1.165) is 48.9 Å². The van der Waals surface area contributed by atoms with E-state index in [2.05, 4.69) is 76.9 Å². The molecule has 2 atom stereocenters. The molecule has 0 spiro atoms. The van der Waals surface area contributed by atoms with E-state index < -0.39 is 0 Å². The molecular formula is C27H31ClN2O. The van der Waals surface area contributed by atoms with E-state index in [1.807, 2.05) is 19.1 Å². The normalized spacial score (nSPS) is 19.3. The van der Waals surface area contributed by atoms with E-state index >= 15 is 0 Å². The van der Waals surface area contributed by atoms with E-state index in [9.17, 15) is 0 Å². The zero-order valence-corrected chi connectivity index (χ0v) is 18.9. The van der Waals surface area contributed by atoms with Crippen molar-refractivity contribution in [3.63, 3.8) is 0 Å². The fourth-order valence-electron chi connectivity index (χ4n) is 4.45. The Labute approximate surface area is 191 Å². The molecular weight excluding hydrogens is 404 g/mol. The smallest absolute Gasteiger partial charge is 0.119 e. The number of rotatable bonds is 8. The maximum atomic E-state index is 6.39. The van der Waals surface area contributed by atoms with E-state index in [4.69, 9.17) is 16.3 Å². The van der Waals surface area contributed by atoms with Crippen LogP contribution in [0.3, 0.4) is 0 Å². The highest BCUT2D eigenvalue weighted by molar-refractivity contribution is 6.31. The molecule has 162 valence electrons. The number of piperidine rings is 1. The summed E-state index contributed by atoms with van der Waals surface area (Å²) in [5.41, 5.74) is 3.88. The number of nitrogens with zero attached hydrogens (tertiary/aromatic N) is 1. The van der Waals surface area contributed by atoms with Gasteiger partial charge in [-0.05, 0) is 48.2 Å². The van der Waals surface area contributed by atoms with Gasteiger partial charge in [-0.2, -0.15) is 0 Å². The van der Waals surface area contributed by atoms with Crippen LogP contribution in [0.2, 0.25) is 5.02 Å². The van der Waals surface area contributed by atoms with Gasteiger partial charge in [0.05, 0.1) is 6.61 Å². The minimum Gasteiger partial charge on any atom is -0.494 e. The maximum absolute atomic E-state index is 6.39. The van der Waals surface area contributed by atoms with Gasteiger partial charge >= 0.3 is 0 Å². The second-order valence-corrected chi connectivity index (χ2v) is 8.60. The van der Waals surface area contributed by atoms with Gasteiger partial charge in [-0.3, -0.25) is 4.90 Å². The molecule has 4 heteroatoms. The molecule has 3 aromatic rings. The first-order valence-corrected chi connectivity index (χ1v) is 11.6. The molecule has 1 saturated heterocycles. The molecule has 0 aliphatic carbocycles. The Balaban J connectivity index is 1.49. The van der Waals surface area contributed by atoms with E-state index in [1.165, 1.54) is 11.1 Å². The van der Waals surface area contributed by atoms with Crippen LogP contribution in [0, 0.1) is 0 Å². The van der Waals surface area contributed by atoms with Crippen molar-refractivity contribution < 1.29 is 4.74 Å². The standard InChI is InChI=1S/C27H31ClN2O/c1-2-31-24-14-12-22(13-15-24)25-20-30(19-21-8-4-3-5-9-21)17-16-27(25)29-18-23-10-6-7-11-26(23)28/h3-15,25,27,29H,2,16-20H2,1H3. The van der Waals surface area contributed by atoms with Gasteiger partial charge in [-0.1, -0.05) is 72.3 Å². The lowest BCUT2D eigenvalue weighted by molar-refractivity contribution is 0.166. The Morgan fingerprint density at radius 3 is 2.45 bits per heavy atom. The summed E-state index contributed by atoms with van der Waals surface area (Å²) >= 11 is 6.39. The summed E-state index contributed by atoms with van der Waals surface area (Å²) in [7, 11) is 0. The molecule has 0 saturated carbocycles. The van der Waals surface area contributed by atoms with Crippen molar-refractivity contribution in [2.75, 3.05) is 19.7 Å². The maximum Gasteiger partial charge on any atom is 0.119 e. The van der Waals surface area contributed by atoms with Gasteiger partial charge in [-0.15, -0.1) is 0 Å². The van der Waals surface area contributed by atoms with Crippen molar-refractivity contribution >= 4 is 11.6 Å². The Morgan fingerprint density at radius 2 is 1.71 bits per heavy atom. The number of likely N-dealkylation sites (tertiary alicyclic amines) is 1. The number of hydrogen-bond donors (Lipinski definition) is 1. The Kier molecular flexibility index (Phi) is 7.63. The predicted octanol–water partition coefficient (Wildman–Crippen LogP) is 5.89. The first-order valence-electron chi connectivity index (χ1n) is 11.2. The minimum atomic E-state index is 0.404. The molecule has 0 amide bonds. The number of halogens is 1. The van der Waals surface area contributed by atoms with Crippen molar-refractivity contribution in [3.8, 4) is 5.75 Å². The topological polar surface area (TPSA) is 24.5 Å². The molecule has 31 heavy (non-hydrogen) atoms. The van der Waals surface area contributed by atoms with Crippen LogP contribution >= 0.6 is 11.6 Å². The molecule has 4 rings (SSSR count). The van der Waals surface area contributed by atoms with Crippen LogP contribution in [-0.2, 0) is 13.1 Å². The molecule has 0 radical (unpaired) electrons. The van der Waals surface area contributed by atoms with E-state index in [0.29, 0.717) is 18.6 Å². The van der Waals surface area contributed by atoms with Crippen molar-refractivity contribution in [1.29, 1.82) is 0 Å². The molecule has 3 nitrogen and oxygen atoms in total. The molecule has 2 unspecified atom stereocenters. The molecule has 1 aliphatic heterocycles. The fraction of sp³-hybridized carbons (Fsp3) is 0.333. The number of benzene rings is 3. The van der Waals surface area contributed by atoms with Gasteiger partial charge in [0, 0.05) is 43.2 Å². The van der Waals surface area contributed by atoms with Crippen LogP contribution in [0.15, 0.2) is 78.9 Å². The average Bonchev–Trinajstić information content (AvgIpc) is 2.80. The van der Waals surface area contributed by atoms with Crippen molar-refractivity contribution in [2.45, 2.75) is 38.4 Å². The second kappa shape index (κ2) is 10.8. The fourth-order valence-corrected chi connectivity index (χ4v) is 4.65. The van der Waals surface area contributed by atoms with Crippen molar-refractivity contribution in [2.24, 2.45) is 0 Å². The van der Waals surface area contributed by atoms with Gasteiger partial charge in [0.1, 0.15) is 5.75 Å². The third kappa shape index (κ3) is 5.88. The van der Waals surface area contributed by atoms with Crippen LogP contribution in [0.25, 0.3) is 0 Å². The zero-order chi connectivity index (χ0) is 21.5. The lowest BCUT2D eigenvalue weighted by Gasteiger charge is -2.39. The van der Waals surface area contributed by atoms with Crippen LogP contribution in [0.5, 0.6) is 5.75 Å². The highest BCUT2D eigenvalue weighted by Gasteiger charge is 2.30. The van der Waals surface area contributed by atoms with E-state index in [-0.39, 0.29) is 0 Å². The van der Waals surface area contributed by atoms with Crippen LogP contribution in [0.1, 0.15) is 36.0 Å². The number of hydrogen-bond acceptors (Lipinski definition) is 3. The Bertz CT molecular complexity index is 945. The quantitative estimate of drug-likeness (QED) is 0.478. The molecule has 0 bridgehead atoms. The summed E-state index contributed by atoms with van der Waals surface area (Å²) in [6.45, 7) is 6.61. The summed E-state index contributed by atoms with van der Waals surface area (Å²) < 4.78 is 5.65. The first-order chi connectivity index (χ1) is 15.2. The Hall–Kier alpha value is -2.33. The van der Waals surface area contributed by atoms with Gasteiger partial charge in [0.2, 0.25) is 0 Å². The summed E-state index contributed by atoms with van der Waals surface area (Å²) in [4.78, 5) is 2.57. The molecule has 1 aliphatic rings. The summed E-state index contributed by atoms with van der Waals surface area (Å²) in [6, 6.07) is 27.9. The molecule has 1 N–H and O–H groups in total. The second-order valence-electron chi connectivity index (χ2n) is 8.20. The van der Waals surface area contributed by atoms with Crippen LogP contribution < -0.4 is 10.1 Å². The van der Waals surface area contributed by atoms with Gasteiger partial charge < -0.3 is 10.1 Å². The largest absolute Gasteiger partial charge is 0.494 e.